The van der Waals surface area contributed by atoms with E-state index in [4.69, 9.17) is 4.99 Å². The summed E-state index contributed by atoms with van der Waals surface area (Å²) >= 11 is 0. The van der Waals surface area contributed by atoms with E-state index in [0.29, 0.717) is 12.0 Å². The van der Waals surface area contributed by atoms with Gasteiger partial charge in [0.15, 0.2) is 0 Å². The molecule has 1 aliphatic rings. The minimum atomic E-state index is 0.352. The van der Waals surface area contributed by atoms with Gasteiger partial charge >= 0.3 is 0 Å². The van der Waals surface area contributed by atoms with Gasteiger partial charge in [0.2, 0.25) is 0 Å². The van der Waals surface area contributed by atoms with Crippen molar-refractivity contribution in [3.63, 3.8) is 0 Å². The largest absolute Gasteiger partial charge is 0.280 e. The van der Waals surface area contributed by atoms with Crippen LogP contribution in [0.3, 0.4) is 0 Å². The van der Waals surface area contributed by atoms with Crippen molar-refractivity contribution in [2.45, 2.75) is 52.5 Å². The van der Waals surface area contributed by atoms with E-state index in [-0.39, 0.29) is 0 Å². The molecular weight excluding hydrogens is 266 g/mol. The minimum absolute atomic E-state index is 0.352. The second-order valence-electron chi connectivity index (χ2n) is 6.57. The lowest BCUT2D eigenvalue weighted by Crippen LogP contribution is -2.25. The quantitative estimate of drug-likeness (QED) is 0.715. The lowest BCUT2D eigenvalue weighted by atomic mass is 9.80. The normalized spacial score (nSPS) is 20.5. The fourth-order valence-electron chi connectivity index (χ4n) is 3.55. The van der Waals surface area contributed by atoms with Crippen molar-refractivity contribution in [3.8, 4) is 0 Å². The maximum absolute atomic E-state index is 5.09. The average molecular weight is 291 g/mol. The van der Waals surface area contributed by atoms with E-state index in [1.165, 1.54) is 46.4 Å². The van der Waals surface area contributed by atoms with Crippen LogP contribution in [0.5, 0.6) is 0 Å². The summed E-state index contributed by atoms with van der Waals surface area (Å²) in [5.41, 5.74) is 7.83. The van der Waals surface area contributed by atoms with Gasteiger partial charge in [-0.2, -0.15) is 0 Å². The Balaban J connectivity index is 2.16. The van der Waals surface area contributed by atoms with E-state index in [0.717, 1.165) is 0 Å². The molecule has 2 aromatic rings. The summed E-state index contributed by atoms with van der Waals surface area (Å²) < 4.78 is 0. The number of hydrogen-bond acceptors (Lipinski definition) is 1. The molecule has 0 spiro atoms. The first-order chi connectivity index (χ1) is 10.6. The first-order valence-corrected chi connectivity index (χ1v) is 8.36. The molecule has 0 aliphatic carbocycles. The minimum Gasteiger partial charge on any atom is -0.280 e. The second kappa shape index (κ2) is 6.08. The molecule has 1 nitrogen and oxygen atoms in total. The van der Waals surface area contributed by atoms with Crippen LogP contribution >= 0.6 is 0 Å². The summed E-state index contributed by atoms with van der Waals surface area (Å²) in [6, 6.07) is 15.9. The number of aryl methyl sites for hydroxylation is 2. The summed E-state index contributed by atoms with van der Waals surface area (Å²) in [6.45, 7) is 8.84. The van der Waals surface area contributed by atoms with Crippen molar-refractivity contribution in [1.29, 1.82) is 0 Å². The Morgan fingerprint density at radius 3 is 2.50 bits per heavy atom. The lowest BCUT2D eigenvalue weighted by molar-refractivity contribution is 0.518. The molecule has 0 amide bonds. The Bertz CT molecular complexity index is 712. The molecule has 0 N–H and O–H groups in total. The number of aliphatic imine (C=N–C) groups is 1. The molecule has 0 saturated carbocycles. The zero-order valence-corrected chi connectivity index (χ0v) is 14.1. The van der Waals surface area contributed by atoms with Gasteiger partial charge < -0.3 is 0 Å². The van der Waals surface area contributed by atoms with Gasteiger partial charge in [0.1, 0.15) is 0 Å². The summed E-state index contributed by atoms with van der Waals surface area (Å²) in [7, 11) is 0. The molecule has 2 atom stereocenters. The van der Waals surface area contributed by atoms with Crippen molar-refractivity contribution >= 4 is 5.71 Å². The molecule has 0 radical (unpaired) electrons. The Morgan fingerprint density at radius 2 is 1.77 bits per heavy atom. The summed E-state index contributed by atoms with van der Waals surface area (Å²) in [5, 5.41) is 0. The predicted molar refractivity (Wildman–Crippen MR) is 95.1 cm³/mol. The van der Waals surface area contributed by atoms with Crippen LogP contribution in [0.15, 0.2) is 47.5 Å². The first-order valence-electron chi connectivity index (χ1n) is 8.36. The summed E-state index contributed by atoms with van der Waals surface area (Å²) in [6.07, 6.45) is 2.42. The zero-order valence-electron chi connectivity index (χ0n) is 14.1. The van der Waals surface area contributed by atoms with Crippen LogP contribution in [0.1, 0.15) is 60.4 Å². The van der Waals surface area contributed by atoms with Crippen molar-refractivity contribution < 1.29 is 0 Å². The van der Waals surface area contributed by atoms with E-state index in [1.54, 1.807) is 0 Å². The standard InChI is InChI=1S/C21H25N/c1-5-7-18-16(4)22-21(17-9-6-8-14(2)12-17)20-13-15(3)10-11-19(18)20/h6,8-13,16,18H,5,7H2,1-4H3/t16?,18-/m0/s1. The molecule has 114 valence electrons. The van der Waals surface area contributed by atoms with Crippen LogP contribution in [-0.4, -0.2) is 11.8 Å². The van der Waals surface area contributed by atoms with Crippen molar-refractivity contribution in [2.75, 3.05) is 0 Å². The number of nitrogens with zero attached hydrogens (tertiary/aromatic N) is 1. The van der Waals surface area contributed by atoms with Gasteiger partial charge in [-0.25, -0.2) is 0 Å². The Hall–Kier alpha value is -1.89. The van der Waals surface area contributed by atoms with E-state index >= 15 is 0 Å². The second-order valence-corrected chi connectivity index (χ2v) is 6.57. The number of benzene rings is 2. The third kappa shape index (κ3) is 2.72. The molecule has 1 heteroatoms. The highest BCUT2D eigenvalue weighted by Crippen LogP contribution is 2.36. The molecule has 0 fully saturated rings. The van der Waals surface area contributed by atoms with Crippen molar-refractivity contribution in [2.24, 2.45) is 4.99 Å². The van der Waals surface area contributed by atoms with Crippen LogP contribution in [0, 0.1) is 13.8 Å². The molecule has 1 aliphatic heterocycles. The Morgan fingerprint density at radius 1 is 1.00 bits per heavy atom. The van der Waals surface area contributed by atoms with Gasteiger partial charge in [0.25, 0.3) is 0 Å². The summed E-state index contributed by atoms with van der Waals surface area (Å²) in [4.78, 5) is 5.09. The van der Waals surface area contributed by atoms with E-state index < -0.39 is 0 Å². The fourth-order valence-corrected chi connectivity index (χ4v) is 3.55. The van der Waals surface area contributed by atoms with Gasteiger partial charge in [-0.15, -0.1) is 0 Å². The highest BCUT2D eigenvalue weighted by molar-refractivity contribution is 6.14. The van der Waals surface area contributed by atoms with E-state index in [9.17, 15) is 0 Å². The molecule has 2 aromatic carbocycles. The predicted octanol–water partition coefficient (Wildman–Crippen LogP) is 5.43. The Kier molecular flexibility index (Phi) is 4.15. The molecule has 1 unspecified atom stereocenters. The van der Waals surface area contributed by atoms with Crippen LogP contribution in [-0.2, 0) is 0 Å². The zero-order chi connectivity index (χ0) is 15.7. The maximum atomic E-state index is 5.09. The van der Waals surface area contributed by atoms with Crippen molar-refractivity contribution in [1.82, 2.24) is 0 Å². The van der Waals surface area contributed by atoms with E-state index in [1.807, 2.05) is 0 Å². The smallest absolute Gasteiger partial charge is 0.0725 e. The number of fused-ring (bicyclic) bond motifs is 1. The fraction of sp³-hybridized carbons (Fsp3) is 0.381. The van der Waals surface area contributed by atoms with Gasteiger partial charge in [-0.3, -0.25) is 4.99 Å². The molecule has 3 rings (SSSR count). The molecule has 22 heavy (non-hydrogen) atoms. The molecular formula is C21H25N. The average Bonchev–Trinajstić information content (AvgIpc) is 2.50. The van der Waals surface area contributed by atoms with Gasteiger partial charge in [-0.05, 0) is 44.9 Å². The third-order valence-electron chi connectivity index (χ3n) is 4.67. The van der Waals surface area contributed by atoms with Crippen molar-refractivity contribution in [3.05, 3.63) is 70.3 Å². The SMILES string of the molecule is CCC[C@@H]1c2ccc(C)cc2C(c2cccc(C)c2)=NC1C. The maximum Gasteiger partial charge on any atom is 0.0725 e. The number of hydrogen-bond donors (Lipinski definition) is 0. The van der Waals surface area contributed by atoms with Crippen LogP contribution in [0.2, 0.25) is 0 Å². The van der Waals surface area contributed by atoms with E-state index in [2.05, 4.69) is 70.2 Å². The third-order valence-corrected chi connectivity index (χ3v) is 4.67. The highest BCUT2D eigenvalue weighted by atomic mass is 14.8. The van der Waals surface area contributed by atoms with Crippen LogP contribution < -0.4 is 0 Å². The van der Waals surface area contributed by atoms with Gasteiger partial charge in [0.05, 0.1) is 11.8 Å². The summed E-state index contributed by atoms with van der Waals surface area (Å²) in [5.74, 6) is 0.550. The van der Waals surface area contributed by atoms with Gasteiger partial charge in [-0.1, -0.05) is 54.8 Å². The topological polar surface area (TPSA) is 12.4 Å². The molecule has 0 bridgehead atoms. The van der Waals surface area contributed by atoms with Crippen LogP contribution in [0.4, 0.5) is 0 Å². The van der Waals surface area contributed by atoms with Gasteiger partial charge in [0, 0.05) is 17.0 Å². The van der Waals surface area contributed by atoms with Crippen LogP contribution in [0.25, 0.3) is 0 Å². The highest BCUT2D eigenvalue weighted by Gasteiger charge is 2.28. The lowest BCUT2D eigenvalue weighted by Gasteiger charge is -2.30. The Labute approximate surface area is 134 Å². The molecule has 0 saturated heterocycles. The molecule has 1 heterocycles. The number of rotatable bonds is 3. The monoisotopic (exact) mass is 291 g/mol. The molecule has 0 aromatic heterocycles. The first kappa shape index (κ1) is 15.0.